The van der Waals surface area contributed by atoms with E-state index in [1.54, 1.807) is 30.3 Å². The molecule has 152 valence electrons. The third-order valence-corrected chi connectivity index (χ3v) is 5.28. The van der Waals surface area contributed by atoms with Crippen molar-refractivity contribution in [2.24, 2.45) is 0 Å². The van der Waals surface area contributed by atoms with Crippen LogP contribution in [0.4, 0.5) is 21.5 Å². The highest BCUT2D eigenvalue weighted by Crippen LogP contribution is 2.35. The molecule has 0 spiro atoms. The van der Waals surface area contributed by atoms with Gasteiger partial charge in [-0.15, -0.1) is 0 Å². The predicted octanol–water partition coefficient (Wildman–Crippen LogP) is 6.05. The number of hydrogen-bond donors (Lipinski definition) is 2. The lowest BCUT2D eigenvalue weighted by Gasteiger charge is -2.14. The maximum absolute atomic E-state index is 13.5. The summed E-state index contributed by atoms with van der Waals surface area (Å²) in [6.07, 6.45) is 2.97. The minimum atomic E-state index is -0.547. The van der Waals surface area contributed by atoms with E-state index < -0.39 is 5.82 Å². The fourth-order valence-electron chi connectivity index (χ4n) is 2.96. The zero-order valence-electron chi connectivity index (χ0n) is 15.7. The molecule has 4 rings (SSSR count). The standard InChI is InChI=1S/C22H12BrClFN5O/c23-16-8-14(30-22(31)19-3-1-2-6-27-19)7-15-20(12(10-26)11-28-21(15)16)29-13-4-5-18(25)17(24)9-13/h1-9,11H,(H,28,29)(H,30,31). The summed E-state index contributed by atoms with van der Waals surface area (Å²) >= 11 is 9.35. The van der Waals surface area contributed by atoms with E-state index in [1.807, 2.05) is 0 Å². The second-order valence-electron chi connectivity index (χ2n) is 6.44. The van der Waals surface area contributed by atoms with Gasteiger partial charge in [-0.1, -0.05) is 17.7 Å². The number of nitriles is 1. The van der Waals surface area contributed by atoms with Crippen LogP contribution >= 0.6 is 27.5 Å². The van der Waals surface area contributed by atoms with E-state index in [4.69, 9.17) is 11.6 Å². The zero-order chi connectivity index (χ0) is 22.0. The summed E-state index contributed by atoms with van der Waals surface area (Å²) in [5, 5.41) is 16.0. The summed E-state index contributed by atoms with van der Waals surface area (Å²) < 4.78 is 14.1. The lowest BCUT2D eigenvalue weighted by molar-refractivity contribution is 0.102. The Morgan fingerprint density at radius 2 is 1.97 bits per heavy atom. The fourth-order valence-corrected chi connectivity index (χ4v) is 3.70. The molecule has 2 N–H and O–H groups in total. The summed E-state index contributed by atoms with van der Waals surface area (Å²) in [5.74, 6) is -0.925. The lowest BCUT2D eigenvalue weighted by atomic mass is 10.1. The molecule has 0 aliphatic carbocycles. The van der Waals surface area contributed by atoms with Crippen LogP contribution in [0.3, 0.4) is 0 Å². The number of carbonyl (C=O) groups is 1. The fraction of sp³-hybridized carbons (Fsp3) is 0. The maximum Gasteiger partial charge on any atom is 0.274 e. The molecule has 0 atom stereocenters. The molecule has 2 heterocycles. The second-order valence-corrected chi connectivity index (χ2v) is 7.70. The van der Waals surface area contributed by atoms with Gasteiger partial charge in [0.1, 0.15) is 17.6 Å². The van der Waals surface area contributed by atoms with E-state index in [-0.39, 0.29) is 22.2 Å². The molecule has 9 heteroatoms. The Labute approximate surface area is 189 Å². The molecule has 4 aromatic rings. The van der Waals surface area contributed by atoms with Crippen molar-refractivity contribution >= 4 is 61.4 Å². The normalized spacial score (nSPS) is 10.5. The number of nitrogens with one attached hydrogen (secondary N) is 2. The van der Waals surface area contributed by atoms with Crippen molar-refractivity contribution in [2.75, 3.05) is 10.6 Å². The van der Waals surface area contributed by atoms with Gasteiger partial charge in [0.2, 0.25) is 0 Å². The van der Waals surface area contributed by atoms with Crippen molar-refractivity contribution in [1.82, 2.24) is 9.97 Å². The van der Waals surface area contributed by atoms with Gasteiger partial charge in [0.25, 0.3) is 5.91 Å². The Morgan fingerprint density at radius 3 is 2.68 bits per heavy atom. The van der Waals surface area contributed by atoms with Gasteiger partial charge in [-0.25, -0.2) is 4.39 Å². The van der Waals surface area contributed by atoms with Crippen molar-refractivity contribution in [2.45, 2.75) is 0 Å². The number of benzene rings is 2. The van der Waals surface area contributed by atoms with E-state index in [0.717, 1.165) is 0 Å². The molecule has 1 amide bonds. The van der Waals surface area contributed by atoms with E-state index in [2.05, 4.69) is 42.6 Å². The summed E-state index contributed by atoms with van der Waals surface area (Å²) in [7, 11) is 0. The Hall–Kier alpha value is -3.54. The summed E-state index contributed by atoms with van der Waals surface area (Å²) in [6.45, 7) is 0. The largest absolute Gasteiger partial charge is 0.354 e. The average molecular weight is 497 g/mol. The molecule has 31 heavy (non-hydrogen) atoms. The number of rotatable bonds is 4. The van der Waals surface area contributed by atoms with E-state index >= 15 is 0 Å². The Kier molecular flexibility index (Phi) is 5.80. The van der Waals surface area contributed by atoms with E-state index in [1.165, 1.54) is 30.6 Å². The van der Waals surface area contributed by atoms with Gasteiger partial charge in [0, 0.05) is 33.6 Å². The Bertz CT molecular complexity index is 1360. The highest BCUT2D eigenvalue weighted by Gasteiger charge is 2.15. The van der Waals surface area contributed by atoms with Crippen LogP contribution in [0.2, 0.25) is 5.02 Å². The van der Waals surface area contributed by atoms with Gasteiger partial charge in [0.15, 0.2) is 0 Å². The quantitative estimate of drug-likeness (QED) is 0.359. The smallest absolute Gasteiger partial charge is 0.274 e. The maximum atomic E-state index is 13.5. The third-order valence-electron chi connectivity index (χ3n) is 4.39. The molecule has 0 unspecified atom stereocenters. The van der Waals surface area contributed by atoms with E-state index in [0.29, 0.717) is 32.4 Å². The molecule has 0 fully saturated rings. The van der Waals surface area contributed by atoms with Crippen LogP contribution in [-0.4, -0.2) is 15.9 Å². The van der Waals surface area contributed by atoms with Gasteiger partial charge in [-0.2, -0.15) is 5.26 Å². The minimum Gasteiger partial charge on any atom is -0.354 e. The van der Waals surface area contributed by atoms with Crippen LogP contribution < -0.4 is 10.6 Å². The lowest BCUT2D eigenvalue weighted by Crippen LogP contribution is -2.13. The van der Waals surface area contributed by atoms with Gasteiger partial charge < -0.3 is 10.6 Å². The SMILES string of the molecule is N#Cc1cnc2c(Br)cc(NC(=O)c3ccccn3)cc2c1Nc1ccc(F)c(Cl)c1. The van der Waals surface area contributed by atoms with Crippen LogP contribution in [0.5, 0.6) is 0 Å². The van der Waals surface area contributed by atoms with Gasteiger partial charge in [-0.3, -0.25) is 14.8 Å². The molecular formula is C22H12BrClFN5O. The van der Waals surface area contributed by atoms with Crippen LogP contribution in [0.1, 0.15) is 16.1 Å². The molecular weight excluding hydrogens is 485 g/mol. The van der Waals surface area contributed by atoms with Crippen molar-refractivity contribution in [1.29, 1.82) is 5.26 Å². The molecule has 0 aliphatic rings. The predicted molar refractivity (Wildman–Crippen MR) is 121 cm³/mol. The molecule has 2 aromatic heterocycles. The molecule has 0 saturated carbocycles. The second kappa shape index (κ2) is 8.68. The van der Waals surface area contributed by atoms with Gasteiger partial charge in [-0.05, 0) is 58.4 Å². The summed E-state index contributed by atoms with van der Waals surface area (Å²) in [5.41, 5.74) is 2.53. The number of aromatic nitrogens is 2. The number of halogens is 3. The number of hydrogen-bond acceptors (Lipinski definition) is 5. The number of anilines is 3. The molecule has 2 aromatic carbocycles. The summed E-state index contributed by atoms with van der Waals surface area (Å²) in [6, 6.07) is 14.7. The first-order valence-corrected chi connectivity index (χ1v) is 10.1. The first-order valence-electron chi connectivity index (χ1n) is 8.93. The van der Waals surface area contributed by atoms with Crippen molar-refractivity contribution < 1.29 is 9.18 Å². The average Bonchev–Trinajstić information content (AvgIpc) is 2.77. The molecule has 0 bridgehead atoms. The minimum absolute atomic E-state index is 0.0497. The zero-order valence-corrected chi connectivity index (χ0v) is 18.0. The number of pyridine rings is 2. The number of nitrogens with zero attached hydrogens (tertiary/aromatic N) is 3. The molecule has 0 aliphatic heterocycles. The first kappa shape index (κ1) is 20.7. The van der Waals surface area contributed by atoms with Crippen LogP contribution in [0.15, 0.2) is 65.4 Å². The van der Waals surface area contributed by atoms with Crippen molar-refractivity contribution in [3.63, 3.8) is 0 Å². The number of fused-ring (bicyclic) bond motifs is 1. The Balaban J connectivity index is 1.79. The number of amides is 1. The number of carbonyl (C=O) groups excluding carboxylic acids is 1. The van der Waals surface area contributed by atoms with Crippen molar-refractivity contribution in [3.05, 3.63) is 87.5 Å². The van der Waals surface area contributed by atoms with Crippen LogP contribution in [0.25, 0.3) is 10.9 Å². The molecule has 0 radical (unpaired) electrons. The first-order chi connectivity index (χ1) is 15.0. The van der Waals surface area contributed by atoms with Crippen LogP contribution in [0, 0.1) is 17.1 Å². The van der Waals surface area contributed by atoms with Gasteiger partial charge >= 0.3 is 0 Å². The van der Waals surface area contributed by atoms with Gasteiger partial charge in [0.05, 0.1) is 21.8 Å². The highest BCUT2D eigenvalue weighted by molar-refractivity contribution is 9.10. The van der Waals surface area contributed by atoms with Crippen LogP contribution in [-0.2, 0) is 0 Å². The van der Waals surface area contributed by atoms with Crippen molar-refractivity contribution in [3.8, 4) is 6.07 Å². The molecule has 0 saturated heterocycles. The monoisotopic (exact) mass is 495 g/mol. The summed E-state index contributed by atoms with van der Waals surface area (Å²) in [4.78, 5) is 20.9. The third kappa shape index (κ3) is 4.33. The molecule has 6 nitrogen and oxygen atoms in total. The topological polar surface area (TPSA) is 90.7 Å². The highest BCUT2D eigenvalue weighted by atomic mass is 79.9. The van der Waals surface area contributed by atoms with E-state index in [9.17, 15) is 14.4 Å². The Morgan fingerprint density at radius 1 is 1.13 bits per heavy atom.